The summed E-state index contributed by atoms with van der Waals surface area (Å²) in [5, 5.41) is 2.40. The van der Waals surface area contributed by atoms with Crippen LogP contribution in [0.25, 0.3) is 11.0 Å². The van der Waals surface area contributed by atoms with Gasteiger partial charge in [-0.3, -0.25) is 4.79 Å². The zero-order valence-corrected chi connectivity index (χ0v) is 11.5. The normalized spacial score (nSPS) is 29.8. The Labute approximate surface area is 116 Å². The number of ketones is 1. The van der Waals surface area contributed by atoms with Gasteiger partial charge in [0.05, 0.1) is 5.56 Å². The van der Waals surface area contributed by atoms with E-state index in [2.05, 4.69) is 11.8 Å². The second-order valence-corrected chi connectivity index (χ2v) is 7.24. The van der Waals surface area contributed by atoms with Crippen LogP contribution < -0.4 is 0 Å². The van der Waals surface area contributed by atoms with Gasteiger partial charge in [0.15, 0.2) is 5.78 Å². The van der Waals surface area contributed by atoms with E-state index in [4.69, 9.17) is 4.42 Å². The molecule has 2 fully saturated rings. The Morgan fingerprint density at radius 3 is 2.68 bits per heavy atom. The summed E-state index contributed by atoms with van der Waals surface area (Å²) in [6.45, 7) is 0. The third-order valence-electron chi connectivity index (χ3n) is 4.41. The summed E-state index contributed by atoms with van der Waals surface area (Å²) in [7, 11) is 0. The van der Waals surface area contributed by atoms with Gasteiger partial charge in [-0.2, -0.15) is 11.8 Å². The van der Waals surface area contributed by atoms with Gasteiger partial charge in [-0.25, -0.2) is 0 Å². The van der Waals surface area contributed by atoms with Crippen molar-refractivity contribution in [1.29, 1.82) is 0 Å². The first kappa shape index (κ1) is 11.6. The minimum Gasteiger partial charge on any atom is -0.464 e. The molecule has 2 atom stereocenters. The Morgan fingerprint density at radius 2 is 1.89 bits per heavy atom. The summed E-state index contributed by atoms with van der Waals surface area (Å²) in [6, 6.07) is 7.82. The minimum atomic E-state index is 0.208. The number of hydrogen-bond donors (Lipinski definition) is 0. The number of thioether (sulfide) groups is 1. The number of benzene rings is 1. The zero-order chi connectivity index (χ0) is 12.8. The highest BCUT2D eigenvalue weighted by atomic mass is 32.2. The number of rotatable bonds is 2. The average Bonchev–Trinajstić information content (AvgIpc) is 3.01. The molecule has 1 aromatic carbocycles. The number of para-hydroxylation sites is 1. The highest BCUT2D eigenvalue weighted by Crippen LogP contribution is 2.46. The Bertz CT molecular complexity index is 618. The first-order chi connectivity index (χ1) is 9.31. The van der Waals surface area contributed by atoms with Gasteiger partial charge in [-0.1, -0.05) is 18.2 Å². The van der Waals surface area contributed by atoms with Crippen molar-refractivity contribution in [1.82, 2.24) is 0 Å². The molecule has 0 N–H and O–H groups in total. The first-order valence-corrected chi connectivity index (χ1v) is 7.91. The molecule has 2 unspecified atom stereocenters. The molecule has 98 valence electrons. The quantitative estimate of drug-likeness (QED) is 0.764. The van der Waals surface area contributed by atoms with Crippen molar-refractivity contribution in [3.05, 3.63) is 36.1 Å². The van der Waals surface area contributed by atoms with Gasteiger partial charge in [-0.15, -0.1) is 0 Å². The van der Waals surface area contributed by atoms with Crippen LogP contribution in [0, 0.1) is 5.92 Å². The molecule has 0 saturated carbocycles. The summed E-state index contributed by atoms with van der Waals surface area (Å²) in [5.41, 5.74) is 1.60. The number of carbonyl (C=O) groups is 1. The van der Waals surface area contributed by atoms with Crippen molar-refractivity contribution >= 4 is 28.5 Å². The van der Waals surface area contributed by atoms with Crippen LogP contribution in [0.5, 0.6) is 0 Å². The first-order valence-electron chi connectivity index (χ1n) is 6.97. The van der Waals surface area contributed by atoms with Crippen LogP contribution in [0.4, 0.5) is 0 Å². The number of furan rings is 1. The molecule has 0 spiro atoms. The third kappa shape index (κ3) is 1.91. The predicted molar refractivity (Wildman–Crippen MR) is 77.7 cm³/mol. The second-order valence-electron chi connectivity index (χ2n) is 5.64. The largest absolute Gasteiger partial charge is 0.464 e. The number of Topliss-reactive ketones (excluding diaryl/α,β-unsaturated/α-hetero) is 1. The molecular formula is C16H16O2S. The van der Waals surface area contributed by atoms with E-state index in [9.17, 15) is 4.79 Å². The molecule has 1 aromatic heterocycles. The summed E-state index contributed by atoms with van der Waals surface area (Å²) >= 11 is 2.10. The fraction of sp³-hybridized carbons (Fsp3) is 0.438. The van der Waals surface area contributed by atoms with E-state index in [0.717, 1.165) is 29.4 Å². The van der Waals surface area contributed by atoms with Gasteiger partial charge in [0.1, 0.15) is 11.8 Å². The number of hydrogen-bond acceptors (Lipinski definition) is 3. The summed E-state index contributed by atoms with van der Waals surface area (Å²) in [5.74, 6) is 0.502. The maximum Gasteiger partial charge on any atom is 0.169 e. The highest BCUT2D eigenvalue weighted by Gasteiger charge is 2.38. The third-order valence-corrected chi connectivity index (χ3v) is 6.03. The van der Waals surface area contributed by atoms with Crippen LogP contribution >= 0.6 is 11.8 Å². The monoisotopic (exact) mass is 272 g/mol. The van der Waals surface area contributed by atoms with Gasteiger partial charge in [0, 0.05) is 21.8 Å². The lowest BCUT2D eigenvalue weighted by molar-refractivity contribution is 0.0907. The average molecular weight is 272 g/mol. The Balaban J connectivity index is 1.67. The van der Waals surface area contributed by atoms with Gasteiger partial charge in [0.2, 0.25) is 0 Å². The maximum absolute atomic E-state index is 12.7. The molecule has 0 amide bonds. The summed E-state index contributed by atoms with van der Waals surface area (Å²) < 4.78 is 5.50. The molecule has 4 rings (SSSR count). The molecule has 19 heavy (non-hydrogen) atoms. The number of carbonyl (C=O) groups excluding carboxylic acids is 1. The van der Waals surface area contributed by atoms with Crippen molar-refractivity contribution in [2.45, 2.75) is 36.2 Å². The molecule has 2 aliphatic heterocycles. The lowest BCUT2D eigenvalue weighted by Gasteiger charge is -2.25. The van der Waals surface area contributed by atoms with Crippen molar-refractivity contribution < 1.29 is 9.21 Å². The Kier molecular flexibility index (Phi) is 2.69. The van der Waals surface area contributed by atoms with Crippen molar-refractivity contribution in [2.24, 2.45) is 5.92 Å². The van der Waals surface area contributed by atoms with E-state index in [1.54, 1.807) is 6.26 Å². The van der Waals surface area contributed by atoms with E-state index in [1.165, 1.54) is 12.8 Å². The lowest BCUT2D eigenvalue weighted by atomic mass is 9.90. The fourth-order valence-electron chi connectivity index (χ4n) is 3.46. The van der Waals surface area contributed by atoms with Gasteiger partial charge in [0.25, 0.3) is 0 Å². The lowest BCUT2D eigenvalue weighted by Crippen LogP contribution is -2.24. The van der Waals surface area contributed by atoms with Crippen molar-refractivity contribution in [2.75, 3.05) is 0 Å². The molecule has 0 aliphatic carbocycles. The molecule has 2 saturated heterocycles. The van der Waals surface area contributed by atoms with E-state index >= 15 is 0 Å². The SMILES string of the molecule is O=C(c1coc2ccccc12)C1CC2CCC(C1)S2. The van der Waals surface area contributed by atoms with Crippen LogP contribution in [0.2, 0.25) is 0 Å². The molecule has 0 radical (unpaired) electrons. The van der Waals surface area contributed by atoms with Crippen LogP contribution in [-0.4, -0.2) is 16.3 Å². The number of fused-ring (bicyclic) bond motifs is 3. The Morgan fingerprint density at radius 1 is 1.16 bits per heavy atom. The molecular weight excluding hydrogens is 256 g/mol. The van der Waals surface area contributed by atoms with E-state index in [0.29, 0.717) is 16.3 Å². The van der Waals surface area contributed by atoms with Gasteiger partial charge in [-0.05, 0) is 31.7 Å². The fourth-order valence-corrected chi connectivity index (χ4v) is 5.24. The highest BCUT2D eigenvalue weighted by molar-refractivity contribution is 8.00. The van der Waals surface area contributed by atoms with E-state index in [1.807, 2.05) is 24.3 Å². The van der Waals surface area contributed by atoms with Crippen LogP contribution in [-0.2, 0) is 0 Å². The standard InChI is InChI=1S/C16H16O2S/c17-16(10-7-11-5-6-12(8-10)19-11)14-9-18-15-4-2-1-3-13(14)15/h1-4,9-12H,5-8H2. The minimum absolute atomic E-state index is 0.208. The smallest absolute Gasteiger partial charge is 0.169 e. The molecule has 3 heterocycles. The van der Waals surface area contributed by atoms with E-state index < -0.39 is 0 Å². The van der Waals surface area contributed by atoms with Crippen molar-refractivity contribution in [3.63, 3.8) is 0 Å². The molecule has 2 aliphatic rings. The zero-order valence-electron chi connectivity index (χ0n) is 10.7. The van der Waals surface area contributed by atoms with Crippen LogP contribution in [0.15, 0.2) is 34.9 Å². The summed E-state index contributed by atoms with van der Waals surface area (Å²) in [6.07, 6.45) is 6.35. The van der Waals surface area contributed by atoms with Gasteiger partial charge < -0.3 is 4.42 Å². The molecule has 2 aromatic rings. The second kappa shape index (κ2) is 4.41. The van der Waals surface area contributed by atoms with Crippen molar-refractivity contribution in [3.8, 4) is 0 Å². The van der Waals surface area contributed by atoms with E-state index in [-0.39, 0.29) is 5.92 Å². The van der Waals surface area contributed by atoms with Crippen LogP contribution in [0.1, 0.15) is 36.0 Å². The Hall–Kier alpha value is -1.22. The van der Waals surface area contributed by atoms with Crippen LogP contribution in [0.3, 0.4) is 0 Å². The molecule has 2 bridgehead atoms. The topological polar surface area (TPSA) is 30.2 Å². The molecule has 2 nitrogen and oxygen atoms in total. The predicted octanol–water partition coefficient (Wildman–Crippen LogP) is 4.29. The molecule has 3 heteroatoms. The maximum atomic E-state index is 12.7. The van der Waals surface area contributed by atoms with Gasteiger partial charge >= 0.3 is 0 Å². The summed E-state index contributed by atoms with van der Waals surface area (Å²) in [4.78, 5) is 12.7.